The van der Waals surface area contributed by atoms with Crippen LogP contribution < -0.4 is 10.6 Å². The summed E-state index contributed by atoms with van der Waals surface area (Å²) >= 11 is 3.36. The number of carbonyl (C=O) groups excluding carboxylic acids is 1. The molecule has 1 amide bonds. The van der Waals surface area contributed by atoms with Crippen LogP contribution in [0.3, 0.4) is 0 Å². The molecule has 0 spiro atoms. The van der Waals surface area contributed by atoms with Crippen LogP contribution in [0.15, 0.2) is 23.5 Å². The Morgan fingerprint density at radius 2 is 2.45 bits per heavy atom. The van der Waals surface area contributed by atoms with Gasteiger partial charge in [0.05, 0.1) is 17.1 Å². The Hall–Kier alpha value is -1.31. The van der Waals surface area contributed by atoms with Crippen molar-refractivity contribution in [2.75, 3.05) is 12.3 Å². The fraction of sp³-hybridized carbons (Fsp3) is 0.467. The van der Waals surface area contributed by atoms with Gasteiger partial charge in [-0.1, -0.05) is 11.8 Å². The van der Waals surface area contributed by atoms with Gasteiger partial charge in [0.1, 0.15) is 0 Å². The van der Waals surface area contributed by atoms with Crippen molar-refractivity contribution in [2.45, 2.75) is 37.1 Å². The number of aryl methyl sites for hydroxylation is 1. The molecule has 2 N–H and O–H groups in total. The van der Waals surface area contributed by atoms with Crippen molar-refractivity contribution in [3.63, 3.8) is 0 Å². The highest BCUT2D eigenvalue weighted by Gasteiger charge is 2.20. The molecule has 4 heterocycles. The number of thioether (sulfide) groups is 1. The average Bonchev–Trinajstić information content (AvgIpc) is 3.26. The van der Waals surface area contributed by atoms with Crippen LogP contribution in [-0.2, 0) is 13.1 Å². The summed E-state index contributed by atoms with van der Waals surface area (Å²) in [7, 11) is 0. The van der Waals surface area contributed by atoms with Crippen molar-refractivity contribution in [2.24, 2.45) is 0 Å². The number of fused-ring (bicyclic) bond motifs is 1. The van der Waals surface area contributed by atoms with E-state index in [0.29, 0.717) is 12.6 Å². The number of aromatic nitrogens is 2. The minimum Gasteiger partial charge on any atom is -0.346 e. The van der Waals surface area contributed by atoms with Gasteiger partial charge in [0, 0.05) is 29.4 Å². The van der Waals surface area contributed by atoms with Crippen molar-refractivity contribution < 1.29 is 4.79 Å². The fourth-order valence-electron chi connectivity index (χ4n) is 2.89. The zero-order valence-electron chi connectivity index (χ0n) is 12.2. The highest BCUT2D eigenvalue weighted by molar-refractivity contribution is 7.99. The first-order valence-corrected chi connectivity index (χ1v) is 9.40. The molecule has 1 saturated heterocycles. The number of thiophene rings is 1. The molecule has 1 unspecified atom stereocenters. The lowest BCUT2D eigenvalue weighted by Crippen LogP contribution is -2.22. The van der Waals surface area contributed by atoms with E-state index in [4.69, 9.17) is 0 Å². The zero-order valence-corrected chi connectivity index (χ0v) is 13.8. The smallest absolute Gasteiger partial charge is 0.261 e. The van der Waals surface area contributed by atoms with Gasteiger partial charge in [0.15, 0.2) is 5.16 Å². The van der Waals surface area contributed by atoms with Crippen molar-refractivity contribution in [1.82, 2.24) is 20.2 Å². The van der Waals surface area contributed by atoms with E-state index in [0.717, 1.165) is 34.6 Å². The van der Waals surface area contributed by atoms with Crippen LogP contribution in [0, 0.1) is 0 Å². The zero-order chi connectivity index (χ0) is 14.9. The van der Waals surface area contributed by atoms with Gasteiger partial charge in [0.2, 0.25) is 0 Å². The first kappa shape index (κ1) is 14.3. The SMILES string of the molecule is O=C(NCc1cn2c(n1)SCC2)c1ccc(C2CCCN2)s1. The molecule has 4 rings (SSSR count). The number of nitrogens with zero attached hydrogens (tertiary/aromatic N) is 2. The molecule has 1 atom stereocenters. The van der Waals surface area contributed by atoms with Gasteiger partial charge in [-0.3, -0.25) is 4.79 Å². The van der Waals surface area contributed by atoms with Gasteiger partial charge >= 0.3 is 0 Å². The van der Waals surface area contributed by atoms with Crippen molar-refractivity contribution in [3.8, 4) is 0 Å². The van der Waals surface area contributed by atoms with Crippen LogP contribution in [0.4, 0.5) is 0 Å². The number of amides is 1. The number of nitrogens with one attached hydrogen (secondary N) is 2. The normalized spacial score (nSPS) is 20.3. The summed E-state index contributed by atoms with van der Waals surface area (Å²) < 4.78 is 2.15. The standard InChI is InChI=1S/C15H18N4OS2/c20-14(13-4-3-12(22-13)11-2-1-5-16-11)17-8-10-9-19-6-7-21-15(19)18-10/h3-4,9,11,16H,1-2,5-8H2,(H,17,20). The van der Waals surface area contributed by atoms with Gasteiger partial charge in [-0.05, 0) is 31.5 Å². The minimum atomic E-state index is -0.00457. The third kappa shape index (κ3) is 2.80. The van der Waals surface area contributed by atoms with E-state index < -0.39 is 0 Å². The molecule has 0 bridgehead atoms. The number of carbonyl (C=O) groups is 1. The maximum Gasteiger partial charge on any atom is 0.261 e. The predicted octanol–water partition coefficient (Wildman–Crippen LogP) is 2.40. The Labute approximate surface area is 137 Å². The molecule has 116 valence electrons. The van der Waals surface area contributed by atoms with Gasteiger partial charge in [-0.15, -0.1) is 11.3 Å². The summed E-state index contributed by atoms with van der Waals surface area (Å²) in [6.45, 7) is 2.59. The van der Waals surface area contributed by atoms with E-state index in [-0.39, 0.29) is 5.91 Å². The minimum absolute atomic E-state index is 0.00457. The van der Waals surface area contributed by atoms with E-state index in [1.165, 1.54) is 17.7 Å². The second kappa shape index (κ2) is 6.06. The second-order valence-corrected chi connectivity index (χ2v) is 7.77. The van der Waals surface area contributed by atoms with Gasteiger partial charge < -0.3 is 15.2 Å². The van der Waals surface area contributed by atoms with Crippen molar-refractivity contribution in [3.05, 3.63) is 33.8 Å². The number of rotatable bonds is 4. The Morgan fingerprint density at radius 3 is 3.27 bits per heavy atom. The highest BCUT2D eigenvalue weighted by Crippen LogP contribution is 2.29. The van der Waals surface area contributed by atoms with Crippen LogP contribution >= 0.6 is 23.1 Å². The summed E-state index contributed by atoms with van der Waals surface area (Å²) in [5.74, 6) is 1.09. The van der Waals surface area contributed by atoms with Crippen LogP contribution in [-0.4, -0.2) is 27.8 Å². The van der Waals surface area contributed by atoms with Crippen LogP contribution in [0.2, 0.25) is 0 Å². The molecule has 0 aromatic carbocycles. The number of imidazole rings is 1. The average molecular weight is 334 g/mol. The van der Waals surface area contributed by atoms with E-state index in [1.807, 2.05) is 12.3 Å². The van der Waals surface area contributed by atoms with Crippen LogP contribution in [0.1, 0.15) is 39.1 Å². The lowest BCUT2D eigenvalue weighted by Gasteiger charge is -2.06. The van der Waals surface area contributed by atoms with E-state index in [2.05, 4.69) is 26.3 Å². The van der Waals surface area contributed by atoms with Gasteiger partial charge in [0.25, 0.3) is 5.91 Å². The molecule has 0 radical (unpaired) electrons. The molecule has 2 aliphatic heterocycles. The number of hydrogen-bond donors (Lipinski definition) is 2. The summed E-state index contributed by atoms with van der Waals surface area (Å²) in [4.78, 5) is 18.8. The molecule has 0 aliphatic carbocycles. The second-order valence-electron chi connectivity index (χ2n) is 5.59. The summed E-state index contributed by atoms with van der Waals surface area (Å²) in [5, 5.41) is 7.51. The molecule has 2 aliphatic rings. The number of hydrogen-bond acceptors (Lipinski definition) is 5. The third-order valence-electron chi connectivity index (χ3n) is 4.04. The first-order chi connectivity index (χ1) is 10.8. The van der Waals surface area contributed by atoms with Gasteiger partial charge in [-0.25, -0.2) is 4.98 Å². The summed E-state index contributed by atoms with van der Waals surface area (Å²) in [5.41, 5.74) is 0.935. The maximum absolute atomic E-state index is 12.3. The fourth-order valence-corrected chi connectivity index (χ4v) is 4.89. The third-order valence-corrected chi connectivity index (χ3v) is 6.21. The quantitative estimate of drug-likeness (QED) is 0.901. The van der Waals surface area contributed by atoms with E-state index in [1.54, 1.807) is 23.1 Å². The first-order valence-electron chi connectivity index (χ1n) is 7.60. The summed E-state index contributed by atoms with van der Waals surface area (Å²) in [6.07, 6.45) is 4.42. The van der Waals surface area contributed by atoms with Crippen LogP contribution in [0.25, 0.3) is 0 Å². The molecular weight excluding hydrogens is 316 g/mol. The molecule has 2 aromatic rings. The predicted molar refractivity (Wildman–Crippen MR) is 88.4 cm³/mol. The lowest BCUT2D eigenvalue weighted by atomic mass is 10.2. The molecule has 7 heteroatoms. The lowest BCUT2D eigenvalue weighted by molar-refractivity contribution is 0.0954. The maximum atomic E-state index is 12.3. The topological polar surface area (TPSA) is 59.0 Å². The Bertz CT molecular complexity index is 666. The van der Waals surface area contributed by atoms with E-state index in [9.17, 15) is 4.79 Å². The summed E-state index contributed by atoms with van der Waals surface area (Å²) in [6, 6.07) is 4.43. The van der Waals surface area contributed by atoms with Crippen LogP contribution in [0.5, 0.6) is 0 Å². The molecular formula is C15H18N4OS2. The Morgan fingerprint density at radius 1 is 1.50 bits per heavy atom. The largest absolute Gasteiger partial charge is 0.346 e. The van der Waals surface area contributed by atoms with Crippen molar-refractivity contribution in [1.29, 1.82) is 0 Å². The highest BCUT2D eigenvalue weighted by atomic mass is 32.2. The van der Waals surface area contributed by atoms with Crippen molar-refractivity contribution >= 4 is 29.0 Å². The Kier molecular flexibility index (Phi) is 3.94. The van der Waals surface area contributed by atoms with Gasteiger partial charge in [-0.2, -0.15) is 0 Å². The molecule has 1 fully saturated rings. The molecule has 0 saturated carbocycles. The Balaban J connectivity index is 1.37. The monoisotopic (exact) mass is 334 g/mol. The molecule has 5 nitrogen and oxygen atoms in total. The molecule has 2 aromatic heterocycles. The molecule has 22 heavy (non-hydrogen) atoms. The van der Waals surface area contributed by atoms with E-state index >= 15 is 0 Å².